The van der Waals surface area contributed by atoms with Crippen LogP contribution in [0.25, 0.3) is 0 Å². The van der Waals surface area contributed by atoms with Gasteiger partial charge in [0.2, 0.25) is 0 Å². The van der Waals surface area contributed by atoms with Gasteiger partial charge in [0.15, 0.2) is 0 Å². The average molecular weight is 383 g/mol. The Balaban J connectivity index is 1.72. The third-order valence-electron chi connectivity index (χ3n) is 5.49. The zero-order valence-electron chi connectivity index (χ0n) is 16.5. The molecule has 28 heavy (non-hydrogen) atoms. The maximum Gasteiger partial charge on any atom is 0.269 e. The monoisotopic (exact) mass is 382 g/mol. The highest BCUT2D eigenvalue weighted by molar-refractivity contribution is 5.52. The van der Waals surface area contributed by atoms with Gasteiger partial charge in [-0.15, -0.1) is 0 Å². The van der Waals surface area contributed by atoms with Gasteiger partial charge in [-0.3, -0.25) is 10.1 Å². The fraction of sp³-hybridized carbons (Fsp3) is 0.455. The summed E-state index contributed by atoms with van der Waals surface area (Å²) in [5.74, 6) is 0. The van der Waals surface area contributed by atoms with Crippen LogP contribution in [0.15, 0.2) is 54.6 Å². The van der Waals surface area contributed by atoms with Crippen LogP contribution in [0.4, 0.5) is 11.4 Å². The summed E-state index contributed by atoms with van der Waals surface area (Å²) < 4.78 is 0. The Labute approximate surface area is 167 Å². The van der Waals surface area contributed by atoms with Crippen molar-refractivity contribution in [2.75, 3.05) is 24.5 Å². The molecule has 2 N–H and O–H groups in total. The molecule has 0 bridgehead atoms. The Morgan fingerprint density at radius 1 is 1.14 bits per heavy atom. The Hall–Kier alpha value is -2.44. The summed E-state index contributed by atoms with van der Waals surface area (Å²) in [5.41, 5.74) is 8.33. The number of rotatable bonds is 8. The molecule has 0 spiro atoms. The number of nitro groups is 1. The summed E-state index contributed by atoms with van der Waals surface area (Å²) in [5, 5.41) is 11.0. The van der Waals surface area contributed by atoms with E-state index in [1.165, 1.54) is 5.56 Å². The van der Waals surface area contributed by atoms with E-state index < -0.39 is 0 Å². The maximum atomic E-state index is 11.0. The number of hydrogen-bond donors (Lipinski definition) is 1. The molecule has 0 aliphatic carbocycles. The van der Waals surface area contributed by atoms with Gasteiger partial charge in [0.05, 0.1) is 4.92 Å². The molecule has 1 fully saturated rings. The summed E-state index contributed by atoms with van der Waals surface area (Å²) >= 11 is 0. The van der Waals surface area contributed by atoms with Crippen molar-refractivity contribution >= 4 is 11.4 Å². The van der Waals surface area contributed by atoms with Gasteiger partial charge < -0.3 is 15.5 Å². The van der Waals surface area contributed by atoms with Crippen LogP contribution in [0.3, 0.4) is 0 Å². The zero-order chi connectivity index (χ0) is 19.9. The van der Waals surface area contributed by atoms with Gasteiger partial charge in [-0.2, -0.15) is 0 Å². The third kappa shape index (κ3) is 5.53. The highest BCUT2D eigenvalue weighted by Gasteiger charge is 2.25. The van der Waals surface area contributed by atoms with Crippen LogP contribution in [0, 0.1) is 10.1 Å². The Kier molecular flexibility index (Phi) is 7.01. The summed E-state index contributed by atoms with van der Waals surface area (Å²) in [4.78, 5) is 15.6. The molecule has 2 aromatic rings. The SMILES string of the molecule is CC(N)CCN1CCC(N(Cc2ccccc2)c2ccc([N+](=O)[O-])cc2)CC1. The Morgan fingerprint density at radius 2 is 1.79 bits per heavy atom. The van der Waals surface area contributed by atoms with Gasteiger partial charge in [0, 0.05) is 49.5 Å². The third-order valence-corrected chi connectivity index (χ3v) is 5.49. The highest BCUT2D eigenvalue weighted by atomic mass is 16.6. The van der Waals surface area contributed by atoms with E-state index in [2.05, 4.69) is 41.0 Å². The molecule has 6 heteroatoms. The molecule has 2 aromatic carbocycles. The molecule has 0 aromatic heterocycles. The largest absolute Gasteiger partial charge is 0.364 e. The number of piperidine rings is 1. The summed E-state index contributed by atoms with van der Waals surface area (Å²) in [7, 11) is 0. The fourth-order valence-electron chi connectivity index (χ4n) is 3.82. The second-order valence-corrected chi connectivity index (χ2v) is 7.73. The van der Waals surface area contributed by atoms with Crippen molar-refractivity contribution in [3.63, 3.8) is 0 Å². The number of non-ortho nitro benzene ring substituents is 1. The number of benzene rings is 2. The van der Waals surface area contributed by atoms with Crippen molar-refractivity contribution in [1.82, 2.24) is 4.90 Å². The van der Waals surface area contributed by atoms with Crippen LogP contribution < -0.4 is 10.6 Å². The number of anilines is 1. The summed E-state index contributed by atoms with van der Waals surface area (Å²) in [6, 6.07) is 18.0. The molecule has 1 aliphatic heterocycles. The first-order valence-corrected chi connectivity index (χ1v) is 10.1. The first-order chi connectivity index (χ1) is 13.5. The van der Waals surface area contributed by atoms with E-state index in [1.54, 1.807) is 12.1 Å². The van der Waals surface area contributed by atoms with E-state index in [1.807, 2.05) is 18.2 Å². The van der Waals surface area contributed by atoms with Gasteiger partial charge in [-0.05, 0) is 50.4 Å². The molecule has 6 nitrogen and oxygen atoms in total. The van der Waals surface area contributed by atoms with Gasteiger partial charge in [0.1, 0.15) is 0 Å². The van der Waals surface area contributed by atoms with Crippen LogP contribution in [-0.2, 0) is 6.54 Å². The number of nitro benzene ring substituents is 1. The normalized spacial score (nSPS) is 16.6. The van der Waals surface area contributed by atoms with E-state index in [9.17, 15) is 10.1 Å². The fourth-order valence-corrected chi connectivity index (χ4v) is 3.82. The van der Waals surface area contributed by atoms with Crippen LogP contribution in [0.1, 0.15) is 31.7 Å². The van der Waals surface area contributed by atoms with Crippen LogP contribution in [-0.4, -0.2) is 41.5 Å². The van der Waals surface area contributed by atoms with Crippen molar-refractivity contribution in [1.29, 1.82) is 0 Å². The quantitative estimate of drug-likeness (QED) is 0.555. The molecule has 3 rings (SSSR count). The van der Waals surface area contributed by atoms with E-state index in [-0.39, 0.29) is 16.7 Å². The van der Waals surface area contributed by atoms with Gasteiger partial charge in [0.25, 0.3) is 5.69 Å². The minimum absolute atomic E-state index is 0.133. The average Bonchev–Trinajstić information content (AvgIpc) is 2.72. The van der Waals surface area contributed by atoms with Crippen molar-refractivity contribution in [3.8, 4) is 0 Å². The standard InChI is InChI=1S/C22H30N4O2/c1-18(23)11-14-24-15-12-21(13-16-24)25(17-19-5-3-2-4-6-19)20-7-9-22(10-8-20)26(27)28/h2-10,18,21H,11-17,23H2,1H3. The molecule has 0 amide bonds. The predicted octanol–water partition coefficient (Wildman–Crippen LogP) is 3.80. The van der Waals surface area contributed by atoms with Crippen molar-refractivity contribution in [2.24, 2.45) is 5.73 Å². The minimum atomic E-state index is -0.345. The number of hydrogen-bond acceptors (Lipinski definition) is 5. The second-order valence-electron chi connectivity index (χ2n) is 7.73. The van der Waals surface area contributed by atoms with Gasteiger partial charge in [-0.25, -0.2) is 0 Å². The summed E-state index contributed by atoms with van der Waals surface area (Å²) in [6.45, 7) is 6.05. The highest BCUT2D eigenvalue weighted by Crippen LogP contribution is 2.27. The van der Waals surface area contributed by atoms with Crippen molar-refractivity contribution in [2.45, 2.75) is 44.8 Å². The molecular formula is C22H30N4O2. The molecule has 0 saturated carbocycles. The lowest BCUT2D eigenvalue weighted by Crippen LogP contribution is -2.45. The number of nitrogens with two attached hydrogens (primary N) is 1. The molecule has 1 aliphatic rings. The lowest BCUT2D eigenvalue weighted by Gasteiger charge is -2.40. The van der Waals surface area contributed by atoms with E-state index >= 15 is 0 Å². The minimum Gasteiger partial charge on any atom is -0.364 e. The maximum absolute atomic E-state index is 11.0. The van der Waals surface area contributed by atoms with Crippen LogP contribution >= 0.6 is 0 Å². The van der Waals surface area contributed by atoms with Gasteiger partial charge >= 0.3 is 0 Å². The van der Waals surface area contributed by atoms with Crippen molar-refractivity contribution in [3.05, 3.63) is 70.3 Å². The Morgan fingerprint density at radius 3 is 2.36 bits per heavy atom. The lowest BCUT2D eigenvalue weighted by molar-refractivity contribution is -0.384. The first kappa shape index (κ1) is 20.3. The topological polar surface area (TPSA) is 75.6 Å². The van der Waals surface area contributed by atoms with Gasteiger partial charge in [-0.1, -0.05) is 30.3 Å². The predicted molar refractivity (Wildman–Crippen MR) is 113 cm³/mol. The molecule has 1 heterocycles. The number of nitrogens with zero attached hydrogens (tertiary/aromatic N) is 3. The molecule has 1 unspecified atom stereocenters. The first-order valence-electron chi connectivity index (χ1n) is 10.1. The molecule has 0 radical (unpaired) electrons. The van der Waals surface area contributed by atoms with Crippen LogP contribution in [0.2, 0.25) is 0 Å². The number of likely N-dealkylation sites (tertiary alicyclic amines) is 1. The van der Waals surface area contributed by atoms with Crippen molar-refractivity contribution < 1.29 is 4.92 Å². The molecule has 1 saturated heterocycles. The second kappa shape index (κ2) is 9.66. The van der Waals surface area contributed by atoms with Crippen LogP contribution in [0.5, 0.6) is 0 Å². The molecular weight excluding hydrogens is 352 g/mol. The lowest BCUT2D eigenvalue weighted by atomic mass is 10.0. The molecule has 150 valence electrons. The smallest absolute Gasteiger partial charge is 0.269 e. The van der Waals surface area contributed by atoms with E-state index in [4.69, 9.17) is 5.73 Å². The zero-order valence-corrected chi connectivity index (χ0v) is 16.5. The van der Waals surface area contributed by atoms with E-state index in [0.717, 1.165) is 51.1 Å². The van der Waals surface area contributed by atoms with E-state index in [0.29, 0.717) is 6.04 Å². The molecule has 1 atom stereocenters. The Bertz CT molecular complexity index is 741. The summed E-state index contributed by atoms with van der Waals surface area (Å²) in [6.07, 6.45) is 3.20.